The van der Waals surface area contributed by atoms with Crippen molar-refractivity contribution in [2.75, 3.05) is 26.2 Å². The van der Waals surface area contributed by atoms with Gasteiger partial charge < -0.3 is 10.1 Å². The van der Waals surface area contributed by atoms with E-state index in [-0.39, 0.29) is 23.3 Å². The van der Waals surface area contributed by atoms with Gasteiger partial charge in [-0.05, 0) is 49.9 Å². The molecule has 25 heavy (non-hydrogen) atoms. The summed E-state index contributed by atoms with van der Waals surface area (Å²) in [5.74, 6) is 0.674. The Bertz CT molecular complexity index is 671. The zero-order valence-corrected chi connectivity index (χ0v) is 16.0. The average Bonchev–Trinajstić information content (AvgIpc) is 2.60. The van der Waals surface area contributed by atoms with E-state index in [9.17, 15) is 13.2 Å². The van der Waals surface area contributed by atoms with Crippen LogP contribution in [0.25, 0.3) is 0 Å². The molecule has 140 valence electrons. The Labute approximate surface area is 150 Å². The van der Waals surface area contributed by atoms with E-state index in [1.165, 1.54) is 4.31 Å². The van der Waals surface area contributed by atoms with E-state index < -0.39 is 10.0 Å². The van der Waals surface area contributed by atoms with Crippen LogP contribution in [0.3, 0.4) is 0 Å². The molecule has 0 bridgehead atoms. The fraction of sp³-hybridized carbons (Fsp3) is 0.611. The number of carbonyl (C=O) groups excluding carboxylic acids is 1. The topological polar surface area (TPSA) is 75.7 Å². The summed E-state index contributed by atoms with van der Waals surface area (Å²) in [5.41, 5.74) is 0. The molecule has 0 radical (unpaired) electrons. The fourth-order valence-corrected chi connectivity index (χ4v) is 4.37. The van der Waals surface area contributed by atoms with E-state index in [0.29, 0.717) is 37.8 Å². The highest BCUT2D eigenvalue weighted by molar-refractivity contribution is 7.89. The van der Waals surface area contributed by atoms with Crippen molar-refractivity contribution in [3.05, 3.63) is 24.3 Å². The molecule has 1 aliphatic rings. The minimum absolute atomic E-state index is 0.0553. The lowest BCUT2D eigenvalue weighted by Crippen LogP contribution is -2.45. The summed E-state index contributed by atoms with van der Waals surface area (Å²) < 4.78 is 32.5. The highest BCUT2D eigenvalue weighted by atomic mass is 32.2. The summed E-state index contributed by atoms with van der Waals surface area (Å²) >= 11 is 0. The van der Waals surface area contributed by atoms with Gasteiger partial charge in [-0.15, -0.1) is 0 Å². The van der Waals surface area contributed by atoms with Gasteiger partial charge in [0.2, 0.25) is 15.9 Å². The molecule has 2 rings (SSSR count). The van der Waals surface area contributed by atoms with Crippen molar-refractivity contribution < 1.29 is 17.9 Å². The normalized spacial score (nSPS) is 19.0. The Morgan fingerprint density at radius 1 is 1.32 bits per heavy atom. The second kappa shape index (κ2) is 8.67. The van der Waals surface area contributed by atoms with Gasteiger partial charge in [0.15, 0.2) is 0 Å². The van der Waals surface area contributed by atoms with Crippen molar-refractivity contribution in [1.29, 1.82) is 0 Å². The Morgan fingerprint density at radius 3 is 2.60 bits per heavy atom. The molecule has 7 heteroatoms. The fourth-order valence-electron chi connectivity index (χ4n) is 2.85. The minimum atomic E-state index is -3.59. The lowest BCUT2D eigenvalue weighted by atomic mass is 9.98. The molecule has 1 saturated heterocycles. The zero-order chi connectivity index (χ0) is 18.4. The van der Waals surface area contributed by atoms with Crippen molar-refractivity contribution in [1.82, 2.24) is 9.62 Å². The number of rotatable bonds is 7. The maximum Gasteiger partial charge on any atom is 0.243 e. The highest BCUT2D eigenvalue weighted by Gasteiger charge is 2.33. The van der Waals surface area contributed by atoms with Crippen LogP contribution in [0, 0.1) is 11.8 Å². The summed E-state index contributed by atoms with van der Waals surface area (Å²) in [4.78, 5) is 12.5. The molecule has 0 spiro atoms. The van der Waals surface area contributed by atoms with Gasteiger partial charge >= 0.3 is 0 Å². The van der Waals surface area contributed by atoms with Crippen LogP contribution in [0.2, 0.25) is 0 Å². The van der Waals surface area contributed by atoms with E-state index in [1.54, 1.807) is 24.3 Å². The van der Waals surface area contributed by atoms with Gasteiger partial charge in [0, 0.05) is 19.6 Å². The van der Waals surface area contributed by atoms with Gasteiger partial charge in [0.1, 0.15) is 5.75 Å². The molecule has 1 atom stereocenters. The minimum Gasteiger partial charge on any atom is -0.494 e. The summed E-state index contributed by atoms with van der Waals surface area (Å²) in [6, 6.07) is 6.44. The highest BCUT2D eigenvalue weighted by Crippen LogP contribution is 2.25. The summed E-state index contributed by atoms with van der Waals surface area (Å²) in [6.07, 6.45) is 1.41. The van der Waals surface area contributed by atoms with Gasteiger partial charge in [-0.25, -0.2) is 8.42 Å². The lowest BCUT2D eigenvalue weighted by molar-refractivity contribution is -0.126. The third-order valence-corrected chi connectivity index (χ3v) is 6.09. The molecule has 1 aromatic rings. The third-order valence-electron chi connectivity index (χ3n) is 4.21. The van der Waals surface area contributed by atoms with Gasteiger partial charge in [0.25, 0.3) is 0 Å². The largest absolute Gasteiger partial charge is 0.494 e. The molecule has 6 nitrogen and oxygen atoms in total. The molecule has 0 unspecified atom stereocenters. The zero-order valence-electron chi connectivity index (χ0n) is 15.2. The number of nitrogens with one attached hydrogen (secondary N) is 1. The molecular weight excluding hydrogens is 340 g/mol. The Morgan fingerprint density at radius 2 is 2.00 bits per heavy atom. The smallest absolute Gasteiger partial charge is 0.243 e. The lowest BCUT2D eigenvalue weighted by Gasteiger charge is -2.31. The average molecular weight is 368 g/mol. The Balaban J connectivity index is 2.06. The quantitative estimate of drug-likeness (QED) is 0.801. The third kappa shape index (κ3) is 5.19. The molecule has 1 aliphatic heterocycles. The van der Waals surface area contributed by atoms with E-state index in [1.807, 2.05) is 20.8 Å². The molecule has 1 heterocycles. The molecule has 1 N–H and O–H groups in total. The maximum absolute atomic E-state index is 12.8. The van der Waals surface area contributed by atoms with Crippen molar-refractivity contribution >= 4 is 15.9 Å². The second-order valence-electron chi connectivity index (χ2n) is 6.75. The standard InChI is InChI=1S/C18H28N2O4S/c1-4-24-16-7-9-17(10-8-16)25(22,23)20-11-5-6-15(13-20)18(21)19-12-14(2)3/h7-10,14-15H,4-6,11-13H2,1-3H3,(H,19,21)/t15-/m0/s1. The number of amides is 1. The predicted molar refractivity (Wildman–Crippen MR) is 96.9 cm³/mol. The number of benzene rings is 1. The van der Waals surface area contributed by atoms with Crippen molar-refractivity contribution in [3.8, 4) is 5.75 Å². The molecule has 1 fully saturated rings. The number of hydrogen-bond acceptors (Lipinski definition) is 4. The first-order valence-electron chi connectivity index (χ1n) is 8.85. The van der Waals surface area contributed by atoms with E-state index in [2.05, 4.69) is 5.32 Å². The SMILES string of the molecule is CCOc1ccc(S(=O)(=O)N2CCC[C@H](C(=O)NCC(C)C)C2)cc1. The molecule has 1 amide bonds. The van der Waals surface area contributed by atoms with Crippen LogP contribution in [-0.2, 0) is 14.8 Å². The van der Waals surface area contributed by atoms with Gasteiger partial charge in [-0.1, -0.05) is 13.8 Å². The first-order valence-corrected chi connectivity index (χ1v) is 10.3. The number of carbonyl (C=O) groups is 1. The maximum atomic E-state index is 12.8. The van der Waals surface area contributed by atoms with Crippen LogP contribution < -0.4 is 10.1 Å². The van der Waals surface area contributed by atoms with Gasteiger partial charge in [-0.2, -0.15) is 4.31 Å². The summed E-state index contributed by atoms with van der Waals surface area (Å²) in [5, 5.41) is 2.91. The molecule has 1 aromatic carbocycles. The second-order valence-corrected chi connectivity index (χ2v) is 8.68. The summed E-state index contributed by atoms with van der Waals surface area (Å²) in [7, 11) is -3.59. The van der Waals surface area contributed by atoms with Gasteiger partial charge in [0.05, 0.1) is 17.4 Å². The van der Waals surface area contributed by atoms with Crippen molar-refractivity contribution in [3.63, 3.8) is 0 Å². The van der Waals surface area contributed by atoms with Crippen LogP contribution in [0.15, 0.2) is 29.2 Å². The first kappa shape index (κ1) is 19.7. The number of sulfonamides is 1. The molecule has 0 saturated carbocycles. The number of ether oxygens (including phenoxy) is 1. The van der Waals surface area contributed by atoms with Crippen LogP contribution >= 0.6 is 0 Å². The van der Waals surface area contributed by atoms with E-state index in [0.717, 1.165) is 6.42 Å². The molecular formula is C18H28N2O4S. The van der Waals surface area contributed by atoms with Crippen LogP contribution in [0.5, 0.6) is 5.75 Å². The van der Waals surface area contributed by atoms with E-state index >= 15 is 0 Å². The number of hydrogen-bond donors (Lipinski definition) is 1. The van der Waals surface area contributed by atoms with Crippen LogP contribution in [-0.4, -0.2) is 44.9 Å². The van der Waals surface area contributed by atoms with E-state index in [4.69, 9.17) is 4.74 Å². The number of piperidine rings is 1. The predicted octanol–water partition coefficient (Wildman–Crippen LogP) is 2.26. The van der Waals surface area contributed by atoms with Gasteiger partial charge in [-0.3, -0.25) is 4.79 Å². The summed E-state index contributed by atoms with van der Waals surface area (Å²) in [6.45, 7) is 7.77. The Kier molecular flexibility index (Phi) is 6.84. The first-order chi connectivity index (χ1) is 11.8. The molecule has 0 aliphatic carbocycles. The van der Waals surface area contributed by atoms with Crippen molar-refractivity contribution in [2.45, 2.75) is 38.5 Å². The van der Waals surface area contributed by atoms with Crippen LogP contribution in [0.4, 0.5) is 0 Å². The monoisotopic (exact) mass is 368 g/mol. The Hall–Kier alpha value is -1.60. The van der Waals surface area contributed by atoms with Crippen LogP contribution in [0.1, 0.15) is 33.6 Å². The molecule has 0 aromatic heterocycles. The van der Waals surface area contributed by atoms with Crippen molar-refractivity contribution in [2.24, 2.45) is 11.8 Å². The number of nitrogens with zero attached hydrogens (tertiary/aromatic N) is 1.